The Bertz CT molecular complexity index is 67.0. The van der Waals surface area contributed by atoms with E-state index in [9.17, 15) is 0 Å². The van der Waals surface area contributed by atoms with Crippen LogP contribution in [0.25, 0.3) is 0 Å². The molecule has 0 aliphatic carbocycles. The fraction of sp³-hybridized carbons (Fsp3) is 0.750. The molecule has 0 N–H and O–H groups in total. The standard InChI is InChI=1S/C8H16P/c1-3-5-6-7-8-9-4-2/h7-8H,3-6H2,1-2H3. The highest BCUT2D eigenvalue weighted by Crippen LogP contribution is 2.10. The van der Waals surface area contributed by atoms with Gasteiger partial charge in [0.25, 0.3) is 0 Å². The molecule has 0 aliphatic rings. The molecule has 0 aliphatic heterocycles. The van der Waals surface area contributed by atoms with Crippen LogP contribution in [-0.4, -0.2) is 6.16 Å². The van der Waals surface area contributed by atoms with Crippen molar-refractivity contribution >= 4 is 8.58 Å². The normalized spacial score (nSPS) is 12.2. The second-order valence-electron chi connectivity index (χ2n) is 2.03. The van der Waals surface area contributed by atoms with E-state index < -0.39 is 0 Å². The van der Waals surface area contributed by atoms with Crippen LogP contribution in [0.2, 0.25) is 0 Å². The molecule has 1 heteroatoms. The molecule has 9 heavy (non-hydrogen) atoms. The van der Waals surface area contributed by atoms with Gasteiger partial charge in [0.2, 0.25) is 0 Å². The monoisotopic (exact) mass is 143 g/mol. The van der Waals surface area contributed by atoms with Crippen molar-refractivity contribution in [2.75, 3.05) is 6.16 Å². The van der Waals surface area contributed by atoms with E-state index in [1.165, 1.54) is 34.0 Å². The Morgan fingerprint density at radius 3 is 2.67 bits per heavy atom. The third kappa shape index (κ3) is 8.17. The number of allylic oxidation sites excluding steroid dienone is 1. The summed E-state index contributed by atoms with van der Waals surface area (Å²) >= 11 is 0. The van der Waals surface area contributed by atoms with E-state index in [4.69, 9.17) is 0 Å². The van der Waals surface area contributed by atoms with Gasteiger partial charge in [-0.2, -0.15) is 0 Å². The van der Waals surface area contributed by atoms with Gasteiger partial charge in [-0.3, -0.25) is 0 Å². The molecular formula is C8H16P. The van der Waals surface area contributed by atoms with Crippen LogP contribution >= 0.6 is 8.58 Å². The van der Waals surface area contributed by atoms with Crippen LogP contribution in [0, 0.1) is 0 Å². The van der Waals surface area contributed by atoms with Gasteiger partial charge in [-0.25, -0.2) is 0 Å². The second kappa shape index (κ2) is 8.17. The Labute approximate surface area is 60.5 Å². The Morgan fingerprint density at radius 2 is 2.11 bits per heavy atom. The zero-order chi connectivity index (χ0) is 6.95. The molecule has 0 spiro atoms. The van der Waals surface area contributed by atoms with E-state index in [0.29, 0.717) is 0 Å². The summed E-state index contributed by atoms with van der Waals surface area (Å²) in [5.41, 5.74) is 0. The first-order chi connectivity index (χ1) is 4.41. The minimum Gasteiger partial charge on any atom is -0.0837 e. The zero-order valence-corrected chi connectivity index (χ0v) is 7.32. The summed E-state index contributed by atoms with van der Waals surface area (Å²) in [5.74, 6) is 2.26. The molecule has 0 saturated carbocycles. The summed E-state index contributed by atoms with van der Waals surface area (Å²) in [6.07, 6.45) is 7.46. The molecule has 0 unspecified atom stereocenters. The molecule has 0 rings (SSSR count). The molecule has 0 aromatic carbocycles. The second-order valence-corrected chi connectivity index (χ2v) is 3.32. The van der Waals surface area contributed by atoms with Gasteiger partial charge in [-0.1, -0.05) is 47.2 Å². The smallest absolute Gasteiger partial charge is 0.0278 e. The summed E-state index contributed by atoms with van der Waals surface area (Å²) in [6.45, 7) is 4.43. The lowest BCUT2D eigenvalue weighted by Gasteiger charge is -1.86. The van der Waals surface area contributed by atoms with Crippen LogP contribution in [0.15, 0.2) is 11.9 Å². The Balaban J connectivity index is 2.86. The lowest BCUT2D eigenvalue weighted by molar-refractivity contribution is 0.815. The van der Waals surface area contributed by atoms with Crippen LogP contribution in [-0.2, 0) is 0 Å². The molecule has 0 aromatic rings. The summed E-state index contributed by atoms with van der Waals surface area (Å²) in [6, 6.07) is 0. The molecular weight excluding hydrogens is 127 g/mol. The molecule has 0 saturated heterocycles. The van der Waals surface area contributed by atoms with Crippen LogP contribution in [0.3, 0.4) is 0 Å². The van der Waals surface area contributed by atoms with E-state index in [0.717, 1.165) is 0 Å². The first kappa shape index (κ1) is 9.17. The van der Waals surface area contributed by atoms with E-state index in [2.05, 4.69) is 25.7 Å². The number of hydrogen-bond acceptors (Lipinski definition) is 0. The maximum absolute atomic E-state index is 2.29. The van der Waals surface area contributed by atoms with Crippen molar-refractivity contribution in [2.45, 2.75) is 33.1 Å². The van der Waals surface area contributed by atoms with Gasteiger partial charge >= 0.3 is 0 Å². The lowest BCUT2D eigenvalue weighted by Crippen LogP contribution is -1.64. The van der Waals surface area contributed by atoms with Crippen molar-refractivity contribution < 1.29 is 0 Å². The largest absolute Gasteiger partial charge is 0.0837 e. The van der Waals surface area contributed by atoms with Gasteiger partial charge in [-0.15, -0.1) is 0 Å². The number of unbranched alkanes of at least 4 members (excludes halogenated alkanes) is 2. The van der Waals surface area contributed by atoms with Crippen molar-refractivity contribution in [1.82, 2.24) is 0 Å². The lowest BCUT2D eigenvalue weighted by atomic mass is 10.2. The van der Waals surface area contributed by atoms with E-state index in [-0.39, 0.29) is 0 Å². The number of hydrogen-bond donors (Lipinski definition) is 0. The summed E-state index contributed by atoms with van der Waals surface area (Å²) in [7, 11) is 1.46. The molecule has 0 nitrogen and oxygen atoms in total. The van der Waals surface area contributed by atoms with Crippen LogP contribution < -0.4 is 0 Å². The van der Waals surface area contributed by atoms with Crippen LogP contribution in [0.4, 0.5) is 0 Å². The Hall–Kier alpha value is 0.170. The molecule has 53 valence electrons. The fourth-order valence-corrected chi connectivity index (χ4v) is 1.09. The van der Waals surface area contributed by atoms with Gasteiger partial charge in [0, 0.05) is 0 Å². The van der Waals surface area contributed by atoms with Gasteiger partial charge in [0.1, 0.15) is 0 Å². The van der Waals surface area contributed by atoms with Gasteiger partial charge in [0.15, 0.2) is 0 Å². The molecule has 0 atom stereocenters. The maximum Gasteiger partial charge on any atom is -0.0278 e. The first-order valence-electron chi connectivity index (χ1n) is 3.73. The highest BCUT2D eigenvalue weighted by Gasteiger charge is 1.76. The molecule has 0 aromatic heterocycles. The SMILES string of the molecule is CCCCC=C[P]CC. The Kier molecular flexibility index (Phi) is 8.32. The molecule has 0 amide bonds. The molecule has 0 fully saturated rings. The van der Waals surface area contributed by atoms with E-state index in [1.54, 1.807) is 0 Å². The third-order valence-electron chi connectivity index (χ3n) is 1.12. The van der Waals surface area contributed by atoms with E-state index >= 15 is 0 Å². The van der Waals surface area contributed by atoms with Crippen molar-refractivity contribution in [3.05, 3.63) is 11.9 Å². The average molecular weight is 143 g/mol. The van der Waals surface area contributed by atoms with Crippen molar-refractivity contribution in [3.8, 4) is 0 Å². The van der Waals surface area contributed by atoms with Gasteiger partial charge in [-0.05, 0) is 12.6 Å². The first-order valence-corrected chi connectivity index (χ1v) is 4.88. The fourth-order valence-electron chi connectivity index (χ4n) is 0.576. The molecule has 0 heterocycles. The molecule has 1 radical (unpaired) electrons. The van der Waals surface area contributed by atoms with Crippen molar-refractivity contribution in [3.63, 3.8) is 0 Å². The summed E-state index contributed by atoms with van der Waals surface area (Å²) in [5, 5.41) is 0. The summed E-state index contributed by atoms with van der Waals surface area (Å²) < 4.78 is 0. The number of rotatable bonds is 5. The zero-order valence-electron chi connectivity index (χ0n) is 6.43. The minimum absolute atomic E-state index is 1.25. The van der Waals surface area contributed by atoms with Gasteiger partial charge in [0.05, 0.1) is 0 Å². The average Bonchev–Trinajstić information content (AvgIpc) is 1.89. The highest BCUT2D eigenvalue weighted by atomic mass is 31.1. The maximum atomic E-state index is 2.29. The van der Waals surface area contributed by atoms with Crippen molar-refractivity contribution in [1.29, 1.82) is 0 Å². The highest BCUT2D eigenvalue weighted by molar-refractivity contribution is 7.41. The predicted octanol–water partition coefficient (Wildman–Crippen LogP) is 3.66. The van der Waals surface area contributed by atoms with E-state index in [1.807, 2.05) is 0 Å². The van der Waals surface area contributed by atoms with Crippen molar-refractivity contribution in [2.24, 2.45) is 0 Å². The quantitative estimate of drug-likeness (QED) is 0.407. The minimum atomic E-state index is 1.25. The molecule has 0 bridgehead atoms. The summed E-state index contributed by atoms with van der Waals surface area (Å²) in [4.78, 5) is 0. The van der Waals surface area contributed by atoms with Crippen LogP contribution in [0.1, 0.15) is 33.1 Å². The van der Waals surface area contributed by atoms with Crippen LogP contribution in [0.5, 0.6) is 0 Å². The van der Waals surface area contributed by atoms with Gasteiger partial charge < -0.3 is 0 Å². The predicted molar refractivity (Wildman–Crippen MR) is 46.1 cm³/mol. The topological polar surface area (TPSA) is 0 Å². The Morgan fingerprint density at radius 1 is 1.33 bits per heavy atom. The third-order valence-corrected chi connectivity index (χ3v) is 1.90.